The van der Waals surface area contributed by atoms with Crippen LogP contribution in [0.2, 0.25) is 0 Å². The van der Waals surface area contributed by atoms with E-state index in [1.165, 1.54) is 19.2 Å². The Morgan fingerprint density at radius 2 is 1.89 bits per heavy atom. The molecule has 0 N–H and O–H groups in total. The SMILES string of the molecule is Cc1ccc(COC(=O)c2ccc(=O)n(C)n2)cc1. The van der Waals surface area contributed by atoms with Crippen LogP contribution in [-0.2, 0) is 18.4 Å². The van der Waals surface area contributed by atoms with Crippen molar-refractivity contribution < 1.29 is 9.53 Å². The van der Waals surface area contributed by atoms with E-state index in [4.69, 9.17) is 4.74 Å². The van der Waals surface area contributed by atoms with Crippen LogP contribution in [0.4, 0.5) is 0 Å². The molecule has 1 heterocycles. The summed E-state index contributed by atoms with van der Waals surface area (Å²) in [6.45, 7) is 2.17. The quantitative estimate of drug-likeness (QED) is 0.782. The van der Waals surface area contributed by atoms with Gasteiger partial charge in [0.25, 0.3) is 5.56 Å². The Morgan fingerprint density at radius 1 is 1.21 bits per heavy atom. The predicted molar refractivity (Wildman–Crippen MR) is 69.8 cm³/mol. The minimum Gasteiger partial charge on any atom is -0.456 e. The van der Waals surface area contributed by atoms with E-state index in [-0.39, 0.29) is 17.9 Å². The van der Waals surface area contributed by atoms with Gasteiger partial charge in [0.2, 0.25) is 0 Å². The largest absolute Gasteiger partial charge is 0.456 e. The van der Waals surface area contributed by atoms with Gasteiger partial charge in [-0.15, -0.1) is 0 Å². The van der Waals surface area contributed by atoms with Crippen molar-refractivity contribution in [1.29, 1.82) is 0 Å². The predicted octanol–water partition coefficient (Wildman–Crippen LogP) is 1.45. The molecular formula is C14H14N2O3. The zero-order valence-corrected chi connectivity index (χ0v) is 10.8. The van der Waals surface area contributed by atoms with Crippen molar-refractivity contribution in [3.8, 4) is 0 Å². The summed E-state index contributed by atoms with van der Waals surface area (Å²) in [5, 5.41) is 3.83. The molecule has 2 rings (SSSR count). The Labute approximate surface area is 110 Å². The Kier molecular flexibility index (Phi) is 3.75. The lowest BCUT2D eigenvalue weighted by Crippen LogP contribution is -2.21. The van der Waals surface area contributed by atoms with Gasteiger partial charge in [-0.1, -0.05) is 29.8 Å². The molecule has 0 bridgehead atoms. The number of nitrogens with zero attached hydrogens (tertiary/aromatic N) is 2. The van der Waals surface area contributed by atoms with Crippen LogP contribution in [-0.4, -0.2) is 15.7 Å². The highest BCUT2D eigenvalue weighted by atomic mass is 16.5. The fourth-order valence-electron chi connectivity index (χ4n) is 1.52. The molecule has 2 aromatic rings. The first kappa shape index (κ1) is 13.0. The van der Waals surface area contributed by atoms with Crippen molar-refractivity contribution in [2.45, 2.75) is 13.5 Å². The molecule has 5 heteroatoms. The molecule has 5 nitrogen and oxygen atoms in total. The van der Waals surface area contributed by atoms with Crippen LogP contribution in [0.25, 0.3) is 0 Å². The zero-order valence-electron chi connectivity index (χ0n) is 10.8. The average molecular weight is 258 g/mol. The molecule has 0 fully saturated rings. The molecule has 1 aromatic carbocycles. The molecular weight excluding hydrogens is 244 g/mol. The normalized spacial score (nSPS) is 10.2. The molecule has 0 aliphatic heterocycles. The number of aryl methyl sites for hydroxylation is 2. The van der Waals surface area contributed by atoms with Crippen LogP contribution in [0.5, 0.6) is 0 Å². The topological polar surface area (TPSA) is 61.2 Å². The van der Waals surface area contributed by atoms with E-state index in [1.807, 2.05) is 31.2 Å². The monoisotopic (exact) mass is 258 g/mol. The van der Waals surface area contributed by atoms with Gasteiger partial charge in [-0.2, -0.15) is 5.10 Å². The summed E-state index contributed by atoms with van der Waals surface area (Å²) in [4.78, 5) is 22.9. The smallest absolute Gasteiger partial charge is 0.359 e. The van der Waals surface area contributed by atoms with Crippen molar-refractivity contribution in [2.75, 3.05) is 0 Å². The summed E-state index contributed by atoms with van der Waals surface area (Å²) in [7, 11) is 1.49. The summed E-state index contributed by atoms with van der Waals surface area (Å²) in [5.41, 5.74) is 1.91. The first-order valence-electron chi connectivity index (χ1n) is 5.83. The molecule has 98 valence electrons. The number of ether oxygens (including phenoxy) is 1. The number of carbonyl (C=O) groups excluding carboxylic acids is 1. The Balaban J connectivity index is 2.03. The molecule has 0 amide bonds. The van der Waals surface area contributed by atoms with Crippen molar-refractivity contribution in [2.24, 2.45) is 7.05 Å². The molecule has 0 saturated carbocycles. The lowest BCUT2D eigenvalue weighted by molar-refractivity contribution is 0.0463. The van der Waals surface area contributed by atoms with Crippen LogP contribution < -0.4 is 5.56 Å². The van der Waals surface area contributed by atoms with Gasteiger partial charge >= 0.3 is 5.97 Å². The highest BCUT2D eigenvalue weighted by Crippen LogP contribution is 2.06. The molecule has 19 heavy (non-hydrogen) atoms. The number of hydrogen-bond acceptors (Lipinski definition) is 4. The van der Waals surface area contributed by atoms with Crippen LogP contribution in [0, 0.1) is 6.92 Å². The second-order valence-electron chi connectivity index (χ2n) is 4.24. The maximum absolute atomic E-state index is 11.7. The van der Waals surface area contributed by atoms with E-state index in [0.29, 0.717) is 0 Å². The summed E-state index contributed by atoms with van der Waals surface area (Å²) in [6.07, 6.45) is 0. The summed E-state index contributed by atoms with van der Waals surface area (Å²) < 4.78 is 6.23. The van der Waals surface area contributed by atoms with E-state index < -0.39 is 5.97 Å². The van der Waals surface area contributed by atoms with Crippen LogP contribution in [0.3, 0.4) is 0 Å². The standard InChI is InChI=1S/C14H14N2O3/c1-10-3-5-11(6-4-10)9-19-14(18)12-7-8-13(17)16(2)15-12/h3-8H,9H2,1-2H3. The fraction of sp³-hybridized carbons (Fsp3) is 0.214. The lowest BCUT2D eigenvalue weighted by Gasteiger charge is -2.05. The molecule has 0 aliphatic rings. The van der Waals surface area contributed by atoms with Crippen molar-refractivity contribution >= 4 is 5.97 Å². The zero-order chi connectivity index (χ0) is 13.8. The third-order valence-electron chi connectivity index (χ3n) is 2.66. The maximum atomic E-state index is 11.7. The number of rotatable bonds is 3. The Morgan fingerprint density at radius 3 is 2.53 bits per heavy atom. The Bertz CT molecular complexity index is 644. The van der Waals surface area contributed by atoms with Gasteiger partial charge in [-0.25, -0.2) is 9.48 Å². The number of carbonyl (C=O) groups is 1. The van der Waals surface area contributed by atoms with E-state index in [9.17, 15) is 9.59 Å². The van der Waals surface area contributed by atoms with Gasteiger partial charge in [0.05, 0.1) is 0 Å². The van der Waals surface area contributed by atoms with E-state index in [0.717, 1.165) is 15.8 Å². The third kappa shape index (κ3) is 3.28. The molecule has 0 saturated heterocycles. The van der Waals surface area contributed by atoms with E-state index in [2.05, 4.69) is 5.10 Å². The van der Waals surface area contributed by atoms with Crippen LogP contribution in [0.1, 0.15) is 21.6 Å². The van der Waals surface area contributed by atoms with Gasteiger partial charge in [-0.3, -0.25) is 4.79 Å². The minimum atomic E-state index is -0.545. The van der Waals surface area contributed by atoms with Gasteiger partial charge < -0.3 is 4.74 Å². The Hall–Kier alpha value is -2.43. The first-order chi connectivity index (χ1) is 9.06. The van der Waals surface area contributed by atoms with E-state index in [1.54, 1.807) is 0 Å². The van der Waals surface area contributed by atoms with Gasteiger partial charge in [0.1, 0.15) is 6.61 Å². The highest BCUT2D eigenvalue weighted by Gasteiger charge is 2.10. The second-order valence-corrected chi connectivity index (χ2v) is 4.24. The summed E-state index contributed by atoms with van der Waals surface area (Å²) in [6, 6.07) is 10.4. The van der Waals surface area contributed by atoms with Gasteiger partial charge in [-0.05, 0) is 18.6 Å². The van der Waals surface area contributed by atoms with Crippen molar-refractivity contribution in [3.63, 3.8) is 0 Å². The number of aromatic nitrogens is 2. The average Bonchev–Trinajstić information content (AvgIpc) is 2.41. The molecule has 0 unspecified atom stereocenters. The van der Waals surface area contributed by atoms with Crippen LogP contribution >= 0.6 is 0 Å². The summed E-state index contributed by atoms with van der Waals surface area (Å²) in [5.74, 6) is -0.545. The highest BCUT2D eigenvalue weighted by molar-refractivity contribution is 5.86. The van der Waals surface area contributed by atoms with Crippen LogP contribution in [0.15, 0.2) is 41.2 Å². The second kappa shape index (κ2) is 5.48. The fourth-order valence-corrected chi connectivity index (χ4v) is 1.52. The number of hydrogen-bond donors (Lipinski definition) is 0. The van der Waals surface area contributed by atoms with Crippen molar-refractivity contribution in [3.05, 3.63) is 63.6 Å². The minimum absolute atomic E-state index is 0.120. The molecule has 1 aromatic heterocycles. The molecule has 0 radical (unpaired) electrons. The number of esters is 1. The van der Waals surface area contributed by atoms with E-state index >= 15 is 0 Å². The first-order valence-corrected chi connectivity index (χ1v) is 5.83. The lowest BCUT2D eigenvalue weighted by atomic mass is 10.2. The maximum Gasteiger partial charge on any atom is 0.359 e. The summed E-state index contributed by atoms with van der Waals surface area (Å²) >= 11 is 0. The molecule has 0 atom stereocenters. The third-order valence-corrected chi connectivity index (χ3v) is 2.66. The van der Waals surface area contributed by atoms with Gasteiger partial charge in [0.15, 0.2) is 5.69 Å². The molecule has 0 aliphatic carbocycles. The van der Waals surface area contributed by atoms with Crippen molar-refractivity contribution in [1.82, 2.24) is 9.78 Å². The van der Waals surface area contributed by atoms with Gasteiger partial charge in [0, 0.05) is 13.1 Å². The molecule has 0 spiro atoms. The number of benzene rings is 1.